The van der Waals surface area contributed by atoms with Gasteiger partial charge in [0.2, 0.25) is 0 Å². The summed E-state index contributed by atoms with van der Waals surface area (Å²) < 4.78 is 5.34. The Morgan fingerprint density at radius 1 is 1.60 bits per heavy atom. The Bertz CT molecular complexity index is 108. The van der Waals surface area contributed by atoms with Crippen LogP contribution in [-0.4, -0.2) is 18.4 Å². The van der Waals surface area contributed by atoms with Gasteiger partial charge < -0.3 is 4.74 Å². The molecular weight excluding hydrogens is 126 g/mol. The third-order valence-electron chi connectivity index (χ3n) is 1.70. The highest BCUT2D eigenvalue weighted by Crippen LogP contribution is 2.29. The summed E-state index contributed by atoms with van der Waals surface area (Å²) >= 11 is 0. The smallest absolute Gasteiger partial charge is 0.143 e. The van der Waals surface area contributed by atoms with Gasteiger partial charge in [0, 0.05) is 6.04 Å². The quantitative estimate of drug-likeness (QED) is 0.603. The van der Waals surface area contributed by atoms with Gasteiger partial charge in [-0.3, -0.25) is 5.32 Å². The molecule has 0 bridgehead atoms. The summed E-state index contributed by atoms with van der Waals surface area (Å²) in [6.07, 6.45) is 2.34. The molecule has 10 heavy (non-hydrogen) atoms. The molecule has 2 nitrogen and oxygen atoms in total. The first-order chi connectivity index (χ1) is 4.68. The molecule has 60 valence electrons. The molecule has 1 aliphatic heterocycles. The van der Waals surface area contributed by atoms with Crippen molar-refractivity contribution in [3.63, 3.8) is 0 Å². The average molecular weight is 143 g/mol. The van der Waals surface area contributed by atoms with Crippen molar-refractivity contribution in [2.45, 2.75) is 45.4 Å². The Kier molecular flexibility index (Phi) is 2.32. The van der Waals surface area contributed by atoms with Crippen LogP contribution in [0.25, 0.3) is 0 Å². The number of hydrogen-bond donors (Lipinski definition) is 1. The lowest BCUT2D eigenvalue weighted by Crippen LogP contribution is -2.37. The number of ether oxygens (including phenoxy) is 1. The number of nitrogens with one attached hydrogen (secondary N) is 1. The van der Waals surface area contributed by atoms with Crippen LogP contribution in [0.2, 0.25) is 0 Å². The molecule has 0 saturated carbocycles. The van der Waals surface area contributed by atoms with Crippen LogP contribution in [-0.2, 0) is 4.74 Å². The first-order valence-electron chi connectivity index (χ1n) is 4.10. The summed E-state index contributed by atoms with van der Waals surface area (Å²) in [7, 11) is 0. The molecule has 1 N–H and O–H groups in total. The largest absolute Gasteiger partial charge is 0.354 e. The van der Waals surface area contributed by atoms with E-state index in [-0.39, 0.29) is 5.72 Å². The van der Waals surface area contributed by atoms with Crippen molar-refractivity contribution >= 4 is 0 Å². The van der Waals surface area contributed by atoms with Crippen LogP contribution in [0, 0.1) is 0 Å². The minimum Gasteiger partial charge on any atom is -0.354 e. The van der Waals surface area contributed by atoms with Gasteiger partial charge in [0.05, 0.1) is 6.61 Å². The fourth-order valence-electron chi connectivity index (χ4n) is 1.32. The van der Waals surface area contributed by atoms with Gasteiger partial charge in [-0.15, -0.1) is 0 Å². The maximum atomic E-state index is 5.34. The summed E-state index contributed by atoms with van der Waals surface area (Å²) in [5.41, 5.74) is 0.0723. The van der Waals surface area contributed by atoms with Crippen LogP contribution >= 0.6 is 0 Å². The molecule has 1 atom stereocenters. The van der Waals surface area contributed by atoms with Gasteiger partial charge in [0.15, 0.2) is 0 Å². The predicted molar refractivity (Wildman–Crippen MR) is 41.9 cm³/mol. The fraction of sp³-hybridized carbons (Fsp3) is 1.00. The van der Waals surface area contributed by atoms with Crippen molar-refractivity contribution in [3.8, 4) is 0 Å². The average Bonchev–Trinajstić information content (AvgIpc) is 2.47. The van der Waals surface area contributed by atoms with Crippen LogP contribution in [0.4, 0.5) is 0 Å². The molecule has 1 aliphatic rings. The van der Waals surface area contributed by atoms with Crippen molar-refractivity contribution < 1.29 is 4.74 Å². The molecule has 0 aromatic rings. The van der Waals surface area contributed by atoms with Crippen molar-refractivity contribution in [3.05, 3.63) is 0 Å². The highest BCUT2D eigenvalue weighted by molar-refractivity contribution is 4.89. The van der Waals surface area contributed by atoms with E-state index in [1.165, 1.54) is 6.42 Å². The van der Waals surface area contributed by atoms with E-state index in [1.54, 1.807) is 0 Å². The summed E-state index contributed by atoms with van der Waals surface area (Å²) in [5, 5.41) is 3.41. The summed E-state index contributed by atoms with van der Waals surface area (Å²) in [6.45, 7) is 7.39. The molecule has 1 saturated heterocycles. The van der Waals surface area contributed by atoms with E-state index in [2.05, 4.69) is 26.1 Å². The van der Waals surface area contributed by atoms with E-state index >= 15 is 0 Å². The fourth-order valence-corrected chi connectivity index (χ4v) is 1.32. The second-order valence-electron chi connectivity index (χ2n) is 3.33. The van der Waals surface area contributed by atoms with Crippen molar-refractivity contribution in [2.75, 3.05) is 6.61 Å². The minimum absolute atomic E-state index is 0.0723. The third-order valence-corrected chi connectivity index (χ3v) is 1.70. The lowest BCUT2D eigenvalue weighted by Gasteiger charge is -2.15. The highest BCUT2D eigenvalue weighted by atomic mass is 16.6. The van der Waals surface area contributed by atoms with Crippen LogP contribution in [0.1, 0.15) is 33.6 Å². The van der Waals surface area contributed by atoms with E-state index in [0.29, 0.717) is 6.04 Å². The predicted octanol–water partition coefficient (Wildman–Crippen LogP) is 1.51. The third kappa shape index (κ3) is 1.96. The lowest BCUT2D eigenvalue weighted by atomic mass is 10.1. The standard InChI is InChI=1S/C8H17NO/c1-4-5-8(6-10-8)9-7(2)3/h7,9H,4-6H2,1-3H3. The van der Waals surface area contributed by atoms with Crippen LogP contribution in [0.15, 0.2) is 0 Å². The molecule has 0 aromatic carbocycles. The molecular formula is C8H17NO. The van der Waals surface area contributed by atoms with Gasteiger partial charge in [0.1, 0.15) is 5.72 Å². The zero-order valence-corrected chi connectivity index (χ0v) is 7.11. The van der Waals surface area contributed by atoms with E-state index in [4.69, 9.17) is 4.74 Å². The Labute approximate surface area is 63.0 Å². The van der Waals surface area contributed by atoms with Crippen LogP contribution in [0.5, 0.6) is 0 Å². The molecule has 1 unspecified atom stereocenters. The second kappa shape index (κ2) is 2.89. The van der Waals surface area contributed by atoms with E-state index in [0.717, 1.165) is 13.0 Å². The number of epoxide rings is 1. The topological polar surface area (TPSA) is 24.6 Å². The molecule has 0 radical (unpaired) electrons. The molecule has 1 fully saturated rings. The van der Waals surface area contributed by atoms with Crippen LogP contribution in [0.3, 0.4) is 0 Å². The van der Waals surface area contributed by atoms with Gasteiger partial charge in [-0.05, 0) is 20.3 Å². The Balaban J connectivity index is 2.23. The Morgan fingerprint density at radius 2 is 2.20 bits per heavy atom. The van der Waals surface area contributed by atoms with Crippen molar-refractivity contribution in [2.24, 2.45) is 0 Å². The molecule has 1 heterocycles. The lowest BCUT2D eigenvalue weighted by molar-refractivity contribution is 0.225. The van der Waals surface area contributed by atoms with E-state index in [1.807, 2.05) is 0 Å². The van der Waals surface area contributed by atoms with Crippen LogP contribution < -0.4 is 5.32 Å². The van der Waals surface area contributed by atoms with E-state index in [9.17, 15) is 0 Å². The monoisotopic (exact) mass is 143 g/mol. The first-order valence-corrected chi connectivity index (χ1v) is 4.10. The van der Waals surface area contributed by atoms with Crippen molar-refractivity contribution in [1.29, 1.82) is 0 Å². The normalized spacial score (nSPS) is 31.2. The first kappa shape index (κ1) is 8.02. The minimum atomic E-state index is 0.0723. The zero-order valence-electron chi connectivity index (χ0n) is 7.11. The Morgan fingerprint density at radius 3 is 2.50 bits per heavy atom. The second-order valence-corrected chi connectivity index (χ2v) is 3.33. The molecule has 0 aromatic heterocycles. The summed E-state index contributed by atoms with van der Waals surface area (Å²) in [5.74, 6) is 0. The van der Waals surface area contributed by atoms with Gasteiger partial charge in [-0.25, -0.2) is 0 Å². The van der Waals surface area contributed by atoms with Gasteiger partial charge in [-0.2, -0.15) is 0 Å². The van der Waals surface area contributed by atoms with Crippen molar-refractivity contribution in [1.82, 2.24) is 5.32 Å². The molecule has 0 aliphatic carbocycles. The number of rotatable bonds is 4. The van der Waals surface area contributed by atoms with Gasteiger partial charge in [-0.1, -0.05) is 13.3 Å². The SMILES string of the molecule is CCCC1(NC(C)C)CO1. The highest BCUT2D eigenvalue weighted by Gasteiger charge is 2.43. The zero-order chi connectivity index (χ0) is 7.61. The van der Waals surface area contributed by atoms with Gasteiger partial charge >= 0.3 is 0 Å². The summed E-state index contributed by atoms with van der Waals surface area (Å²) in [6, 6.07) is 0.536. The molecule has 0 spiro atoms. The molecule has 0 amide bonds. The molecule has 1 rings (SSSR count). The molecule has 2 heteroatoms. The maximum absolute atomic E-state index is 5.34. The number of hydrogen-bond acceptors (Lipinski definition) is 2. The maximum Gasteiger partial charge on any atom is 0.143 e. The Hall–Kier alpha value is -0.0800. The van der Waals surface area contributed by atoms with Gasteiger partial charge in [0.25, 0.3) is 0 Å². The van der Waals surface area contributed by atoms with E-state index < -0.39 is 0 Å². The summed E-state index contributed by atoms with van der Waals surface area (Å²) in [4.78, 5) is 0.